The Morgan fingerprint density at radius 1 is 1.32 bits per heavy atom. The maximum Gasteiger partial charge on any atom is 0.157 e. The lowest BCUT2D eigenvalue weighted by Crippen LogP contribution is -2.52. The van der Waals surface area contributed by atoms with Crippen LogP contribution < -0.4 is 5.32 Å². The molecule has 22 heavy (non-hydrogen) atoms. The van der Waals surface area contributed by atoms with Crippen molar-refractivity contribution >= 4 is 16.9 Å². The third kappa shape index (κ3) is 2.98. The van der Waals surface area contributed by atoms with E-state index < -0.39 is 0 Å². The standard InChI is InChI=1S/C18H26N2OS/c1-13-7-9-18(10-8-13)17(2,3)20-16(22-18)19-12-14-5-4-6-15(21)11-14/h4-6,11,13,21H,7-10,12H2,1-3H3,(H,19,20). The van der Waals surface area contributed by atoms with E-state index in [1.807, 2.05) is 23.9 Å². The maximum atomic E-state index is 9.54. The highest BCUT2D eigenvalue weighted by atomic mass is 32.2. The number of nitrogens with one attached hydrogen (secondary N) is 1. The number of nitrogens with zero attached hydrogens (tertiary/aromatic N) is 1. The number of hydrogen-bond donors (Lipinski definition) is 2. The van der Waals surface area contributed by atoms with Crippen LogP contribution in [0.2, 0.25) is 0 Å². The summed E-state index contributed by atoms with van der Waals surface area (Å²) in [5.74, 6) is 1.16. The minimum absolute atomic E-state index is 0.0927. The number of phenols is 1. The molecule has 2 fully saturated rings. The first-order chi connectivity index (χ1) is 10.4. The molecule has 1 aliphatic heterocycles. The second kappa shape index (κ2) is 5.80. The zero-order valence-corrected chi connectivity index (χ0v) is 14.5. The summed E-state index contributed by atoms with van der Waals surface area (Å²) in [5, 5.41) is 14.2. The van der Waals surface area contributed by atoms with Crippen molar-refractivity contribution in [2.24, 2.45) is 10.9 Å². The summed E-state index contributed by atoms with van der Waals surface area (Å²) < 4.78 is 0.289. The van der Waals surface area contributed by atoms with Gasteiger partial charge >= 0.3 is 0 Å². The number of aromatic hydroxyl groups is 1. The fourth-order valence-electron chi connectivity index (χ4n) is 3.56. The van der Waals surface area contributed by atoms with Gasteiger partial charge in [0.2, 0.25) is 0 Å². The number of thioether (sulfide) groups is 1. The molecule has 0 bridgehead atoms. The number of amidine groups is 1. The first-order valence-corrected chi connectivity index (χ1v) is 9.01. The predicted molar refractivity (Wildman–Crippen MR) is 94.4 cm³/mol. The minimum atomic E-state index is 0.0927. The molecule has 0 radical (unpaired) electrons. The number of phenolic OH excluding ortho intramolecular Hbond substituents is 1. The molecule has 1 aliphatic carbocycles. The average molecular weight is 318 g/mol. The van der Waals surface area contributed by atoms with E-state index in [1.165, 1.54) is 25.7 Å². The Balaban J connectivity index is 1.73. The Bertz CT molecular complexity index is 574. The van der Waals surface area contributed by atoms with E-state index >= 15 is 0 Å². The van der Waals surface area contributed by atoms with E-state index in [4.69, 9.17) is 4.99 Å². The van der Waals surface area contributed by atoms with Crippen molar-refractivity contribution in [1.82, 2.24) is 5.32 Å². The van der Waals surface area contributed by atoms with Gasteiger partial charge in [0.05, 0.1) is 6.54 Å². The Morgan fingerprint density at radius 2 is 2.05 bits per heavy atom. The number of benzene rings is 1. The number of rotatable bonds is 2. The van der Waals surface area contributed by atoms with Crippen molar-refractivity contribution in [2.75, 3.05) is 0 Å². The molecule has 0 unspecified atom stereocenters. The lowest BCUT2D eigenvalue weighted by atomic mass is 9.73. The molecular formula is C18H26N2OS. The van der Waals surface area contributed by atoms with Crippen LogP contribution in [0.5, 0.6) is 5.75 Å². The lowest BCUT2D eigenvalue weighted by Gasteiger charge is -2.43. The summed E-state index contributed by atoms with van der Waals surface area (Å²) in [7, 11) is 0. The molecule has 3 rings (SSSR count). The molecule has 0 aromatic heterocycles. The van der Waals surface area contributed by atoms with E-state index in [1.54, 1.807) is 12.1 Å². The predicted octanol–water partition coefficient (Wildman–Crippen LogP) is 4.31. The number of hydrogen-bond acceptors (Lipinski definition) is 3. The Kier molecular flexibility index (Phi) is 4.15. The quantitative estimate of drug-likeness (QED) is 0.854. The molecule has 1 saturated carbocycles. The third-order valence-corrected chi connectivity index (χ3v) is 6.98. The normalized spacial score (nSPS) is 32.3. The lowest BCUT2D eigenvalue weighted by molar-refractivity contribution is 0.231. The smallest absolute Gasteiger partial charge is 0.157 e. The van der Waals surface area contributed by atoms with Crippen molar-refractivity contribution in [1.29, 1.82) is 0 Å². The zero-order chi connectivity index (χ0) is 15.8. The highest BCUT2D eigenvalue weighted by Crippen LogP contribution is 2.52. The Hall–Kier alpha value is -1.16. The molecule has 4 heteroatoms. The Morgan fingerprint density at radius 3 is 2.73 bits per heavy atom. The van der Waals surface area contributed by atoms with Gasteiger partial charge in [0.25, 0.3) is 0 Å². The molecule has 1 aromatic rings. The van der Waals surface area contributed by atoms with E-state index in [0.29, 0.717) is 12.3 Å². The molecule has 2 aliphatic rings. The van der Waals surface area contributed by atoms with Crippen LogP contribution in [0.3, 0.4) is 0 Å². The first-order valence-electron chi connectivity index (χ1n) is 8.20. The highest BCUT2D eigenvalue weighted by molar-refractivity contribution is 8.15. The van der Waals surface area contributed by atoms with E-state index in [2.05, 4.69) is 26.1 Å². The van der Waals surface area contributed by atoms with Crippen molar-refractivity contribution in [3.8, 4) is 5.75 Å². The van der Waals surface area contributed by atoms with Crippen LogP contribution in [0.15, 0.2) is 29.3 Å². The van der Waals surface area contributed by atoms with Crippen molar-refractivity contribution in [3.63, 3.8) is 0 Å². The molecule has 2 N–H and O–H groups in total. The second-order valence-electron chi connectivity index (χ2n) is 7.32. The van der Waals surface area contributed by atoms with Gasteiger partial charge in [-0.1, -0.05) is 30.8 Å². The molecule has 0 amide bonds. The fraction of sp³-hybridized carbons (Fsp3) is 0.611. The van der Waals surface area contributed by atoms with Gasteiger partial charge in [0.15, 0.2) is 5.17 Å². The molecule has 0 atom stereocenters. The summed E-state index contributed by atoms with van der Waals surface area (Å²) >= 11 is 1.94. The van der Waals surface area contributed by atoms with E-state index in [0.717, 1.165) is 16.6 Å². The van der Waals surface area contributed by atoms with Gasteiger partial charge < -0.3 is 10.4 Å². The van der Waals surface area contributed by atoms with Crippen LogP contribution >= 0.6 is 11.8 Å². The van der Waals surface area contributed by atoms with Gasteiger partial charge in [-0.05, 0) is 63.1 Å². The molecule has 1 aromatic carbocycles. The Labute approximate surface area is 137 Å². The van der Waals surface area contributed by atoms with Gasteiger partial charge in [-0.15, -0.1) is 0 Å². The summed E-state index contributed by atoms with van der Waals surface area (Å²) in [6.07, 6.45) is 5.17. The van der Waals surface area contributed by atoms with Gasteiger partial charge in [0.1, 0.15) is 5.75 Å². The molecule has 120 valence electrons. The summed E-state index contributed by atoms with van der Waals surface area (Å²) in [6.45, 7) is 7.61. The summed E-state index contributed by atoms with van der Waals surface area (Å²) in [4.78, 5) is 4.76. The van der Waals surface area contributed by atoms with Crippen molar-refractivity contribution in [3.05, 3.63) is 29.8 Å². The second-order valence-corrected chi connectivity index (χ2v) is 8.69. The van der Waals surface area contributed by atoms with Crippen LogP contribution in [-0.4, -0.2) is 20.6 Å². The summed E-state index contributed by atoms with van der Waals surface area (Å²) in [6, 6.07) is 7.36. The van der Waals surface area contributed by atoms with Gasteiger partial charge in [-0.3, -0.25) is 4.99 Å². The molecular weight excluding hydrogens is 292 g/mol. The molecule has 1 heterocycles. The van der Waals surface area contributed by atoms with Crippen LogP contribution in [-0.2, 0) is 6.54 Å². The van der Waals surface area contributed by atoms with Crippen molar-refractivity contribution in [2.45, 2.75) is 63.3 Å². The summed E-state index contributed by atoms with van der Waals surface area (Å²) in [5.41, 5.74) is 1.14. The van der Waals surface area contributed by atoms with Crippen molar-refractivity contribution < 1.29 is 5.11 Å². The SMILES string of the molecule is CC1CCC2(CC1)SC(=NCc1cccc(O)c1)NC2(C)C. The monoisotopic (exact) mass is 318 g/mol. The van der Waals surface area contributed by atoms with Crippen LogP contribution in [0.4, 0.5) is 0 Å². The third-order valence-electron chi connectivity index (χ3n) is 5.25. The van der Waals surface area contributed by atoms with E-state index in [9.17, 15) is 5.11 Å². The number of aliphatic imine (C=N–C) groups is 1. The fourth-order valence-corrected chi connectivity index (χ4v) is 5.12. The largest absolute Gasteiger partial charge is 0.508 e. The zero-order valence-electron chi connectivity index (χ0n) is 13.7. The first kappa shape index (κ1) is 15.7. The molecule has 1 saturated heterocycles. The molecule has 3 nitrogen and oxygen atoms in total. The van der Waals surface area contributed by atoms with Crippen LogP contribution in [0.1, 0.15) is 52.0 Å². The van der Waals surface area contributed by atoms with Gasteiger partial charge in [-0.2, -0.15) is 0 Å². The topological polar surface area (TPSA) is 44.6 Å². The van der Waals surface area contributed by atoms with Gasteiger partial charge in [0, 0.05) is 10.3 Å². The van der Waals surface area contributed by atoms with Crippen LogP contribution in [0.25, 0.3) is 0 Å². The average Bonchev–Trinajstić information content (AvgIpc) is 2.71. The maximum absolute atomic E-state index is 9.54. The van der Waals surface area contributed by atoms with Gasteiger partial charge in [-0.25, -0.2) is 0 Å². The molecule has 1 spiro atoms. The minimum Gasteiger partial charge on any atom is -0.508 e. The van der Waals surface area contributed by atoms with E-state index in [-0.39, 0.29) is 10.3 Å². The van der Waals surface area contributed by atoms with Crippen LogP contribution in [0, 0.1) is 5.92 Å². The highest BCUT2D eigenvalue weighted by Gasteiger charge is 2.53.